The van der Waals surface area contributed by atoms with Gasteiger partial charge in [-0.05, 0) is 12.8 Å². The number of unbranched alkanes of at least 4 members (excludes halogenated alkanes) is 12. The minimum Gasteiger partial charge on any atom is -0.349 e. The molecule has 0 aromatic rings. The van der Waals surface area contributed by atoms with Crippen LogP contribution in [0.5, 0.6) is 0 Å². The van der Waals surface area contributed by atoms with Crippen LogP contribution < -0.4 is 0 Å². The predicted molar refractivity (Wildman–Crippen MR) is 113 cm³/mol. The van der Waals surface area contributed by atoms with Gasteiger partial charge in [-0.2, -0.15) is 0 Å². The second kappa shape index (κ2) is 13.2. The minimum absolute atomic E-state index is 0.328. The normalized spacial score (nSPS) is 27.3. The molecule has 0 spiro atoms. The molecule has 2 heterocycles. The van der Waals surface area contributed by atoms with Gasteiger partial charge in [0, 0.05) is 25.7 Å². The molecule has 2 unspecified atom stereocenters. The maximum absolute atomic E-state index is 6.54. The van der Waals surface area contributed by atoms with E-state index in [-0.39, 0.29) is 11.6 Å². The highest BCUT2D eigenvalue weighted by Crippen LogP contribution is 2.44. The molecule has 3 heteroatoms. The summed E-state index contributed by atoms with van der Waals surface area (Å²) in [5.41, 5.74) is 0. The van der Waals surface area contributed by atoms with Gasteiger partial charge in [-0.3, -0.25) is 0 Å². The molecular weight excluding hydrogens is 336 g/mol. The van der Waals surface area contributed by atoms with Gasteiger partial charge < -0.3 is 14.2 Å². The number of ether oxygens (including phenoxy) is 3. The lowest BCUT2D eigenvalue weighted by molar-refractivity contribution is -0.432. The van der Waals surface area contributed by atoms with Crippen molar-refractivity contribution in [1.29, 1.82) is 0 Å². The summed E-state index contributed by atoms with van der Waals surface area (Å²) >= 11 is 0. The monoisotopic (exact) mass is 382 g/mol. The molecule has 160 valence electrons. The van der Waals surface area contributed by atoms with Crippen LogP contribution in [0.2, 0.25) is 0 Å². The molecule has 2 saturated heterocycles. The molecule has 3 nitrogen and oxygen atoms in total. The Kier molecular flexibility index (Phi) is 11.3. The van der Waals surface area contributed by atoms with E-state index in [1.54, 1.807) is 0 Å². The van der Waals surface area contributed by atoms with Crippen LogP contribution in [0, 0.1) is 0 Å². The molecule has 2 atom stereocenters. The van der Waals surface area contributed by atoms with E-state index in [1.165, 1.54) is 89.9 Å². The van der Waals surface area contributed by atoms with E-state index in [1.807, 2.05) is 0 Å². The van der Waals surface area contributed by atoms with E-state index < -0.39 is 0 Å². The van der Waals surface area contributed by atoms with Crippen LogP contribution in [0.15, 0.2) is 0 Å². The van der Waals surface area contributed by atoms with Crippen LogP contribution in [-0.2, 0) is 14.2 Å². The SMILES string of the molecule is CCCCCCCCCC1(OC2(CCCCCCCCC)CCO2)CCO1. The third kappa shape index (κ3) is 8.41. The van der Waals surface area contributed by atoms with Crippen LogP contribution in [0.3, 0.4) is 0 Å². The number of hydrogen-bond acceptors (Lipinski definition) is 3. The molecule has 0 aromatic heterocycles. The van der Waals surface area contributed by atoms with E-state index in [9.17, 15) is 0 Å². The van der Waals surface area contributed by atoms with Gasteiger partial charge in [0.05, 0.1) is 13.2 Å². The van der Waals surface area contributed by atoms with E-state index >= 15 is 0 Å². The summed E-state index contributed by atoms with van der Waals surface area (Å²) in [5, 5.41) is 0. The maximum atomic E-state index is 6.54. The van der Waals surface area contributed by atoms with Gasteiger partial charge >= 0.3 is 0 Å². The molecule has 0 aliphatic carbocycles. The summed E-state index contributed by atoms with van der Waals surface area (Å²) in [7, 11) is 0. The third-order valence-electron chi connectivity index (χ3n) is 6.39. The fourth-order valence-electron chi connectivity index (χ4n) is 4.36. The van der Waals surface area contributed by atoms with Gasteiger partial charge in [-0.25, -0.2) is 0 Å². The molecule has 0 radical (unpaired) electrons. The van der Waals surface area contributed by atoms with Crippen molar-refractivity contribution in [3.05, 3.63) is 0 Å². The van der Waals surface area contributed by atoms with Gasteiger partial charge in [-0.15, -0.1) is 0 Å². The first-order chi connectivity index (χ1) is 13.2. The summed E-state index contributed by atoms with van der Waals surface area (Å²) in [5.74, 6) is -0.657. The zero-order chi connectivity index (χ0) is 19.3. The van der Waals surface area contributed by atoms with E-state index in [2.05, 4.69) is 13.8 Å². The van der Waals surface area contributed by atoms with Crippen molar-refractivity contribution in [3.63, 3.8) is 0 Å². The van der Waals surface area contributed by atoms with Crippen molar-refractivity contribution in [3.8, 4) is 0 Å². The smallest absolute Gasteiger partial charge is 0.173 e. The highest BCUT2D eigenvalue weighted by Gasteiger charge is 2.50. The van der Waals surface area contributed by atoms with Crippen molar-refractivity contribution < 1.29 is 14.2 Å². The molecule has 2 aliphatic rings. The lowest BCUT2D eigenvalue weighted by Crippen LogP contribution is -2.57. The second-order valence-electron chi connectivity index (χ2n) is 8.86. The van der Waals surface area contributed by atoms with Gasteiger partial charge in [0.15, 0.2) is 11.6 Å². The van der Waals surface area contributed by atoms with Gasteiger partial charge in [0.1, 0.15) is 0 Å². The summed E-state index contributed by atoms with van der Waals surface area (Å²) < 4.78 is 18.5. The number of hydrogen-bond donors (Lipinski definition) is 0. The van der Waals surface area contributed by atoms with Gasteiger partial charge in [0.25, 0.3) is 0 Å². The van der Waals surface area contributed by atoms with Crippen LogP contribution in [0.1, 0.15) is 129 Å². The molecule has 2 fully saturated rings. The fraction of sp³-hybridized carbons (Fsp3) is 1.00. The third-order valence-corrected chi connectivity index (χ3v) is 6.39. The zero-order valence-electron chi connectivity index (χ0n) is 18.4. The summed E-state index contributed by atoms with van der Waals surface area (Å²) in [6.07, 6.45) is 22.9. The summed E-state index contributed by atoms with van der Waals surface area (Å²) in [4.78, 5) is 0. The molecular formula is C24H46O3. The molecule has 0 bridgehead atoms. The van der Waals surface area contributed by atoms with Crippen LogP contribution in [0.25, 0.3) is 0 Å². The predicted octanol–water partition coefficient (Wildman–Crippen LogP) is 7.52. The summed E-state index contributed by atoms with van der Waals surface area (Å²) in [6, 6.07) is 0. The van der Waals surface area contributed by atoms with Gasteiger partial charge in [-0.1, -0.05) is 90.9 Å². The van der Waals surface area contributed by atoms with Gasteiger partial charge in [0.2, 0.25) is 0 Å². The van der Waals surface area contributed by atoms with Crippen molar-refractivity contribution in [2.75, 3.05) is 13.2 Å². The average molecular weight is 383 g/mol. The second-order valence-corrected chi connectivity index (χ2v) is 8.86. The first-order valence-electron chi connectivity index (χ1n) is 12.2. The fourth-order valence-corrected chi connectivity index (χ4v) is 4.36. The Bertz CT molecular complexity index is 327. The van der Waals surface area contributed by atoms with Crippen molar-refractivity contribution >= 4 is 0 Å². The quantitative estimate of drug-likeness (QED) is 0.229. The van der Waals surface area contributed by atoms with E-state index in [4.69, 9.17) is 14.2 Å². The molecule has 0 N–H and O–H groups in total. The highest BCUT2D eigenvalue weighted by molar-refractivity contribution is 4.86. The molecule has 27 heavy (non-hydrogen) atoms. The van der Waals surface area contributed by atoms with Crippen LogP contribution in [0.4, 0.5) is 0 Å². The first kappa shape index (κ1) is 23.2. The molecule has 2 rings (SSSR count). The largest absolute Gasteiger partial charge is 0.349 e. The first-order valence-corrected chi connectivity index (χ1v) is 12.2. The minimum atomic E-state index is -0.328. The highest BCUT2D eigenvalue weighted by atomic mass is 16.8. The Labute approximate surface area is 168 Å². The molecule has 2 aliphatic heterocycles. The van der Waals surface area contributed by atoms with Crippen molar-refractivity contribution in [2.45, 2.75) is 141 Å². The van der Waals surface area contributed by atoms with Crippen LogP contribution >= 0.6 is 0 Å². The Morgan fingerprint density at radius 2 is 0.889 bits per heavy atom. The van der Waals surface area contributed by atoms with Crippen molar-refractivity contribution in [2.24, 2.45) is 0 Å². The molecule has 0 aromatic carbocycles. The van der Waals surface area contributed by atoms with E-state index in [0.29, 0.717) is 0 Å². The lowest BCUT2D eigenvalue weighted by Gasteiger charge is -2.51. The van der Waals surface area contributed by atoms with E-state index in [0.717, 1.165) is 38.9 Å². The Morgan fingerprint density at radius 3 is 1.19 bits per heavy atom. The Morgan fingerprint density at radius 1 is 0.556 bits per heavy atom. The maximum Gasteiger partial charge on any atom is 0.173 e. The van der Waals surface area contributed by atoms with Crippen molar-refractivity contribution in [1.82, 2.24) is 0 Å². The Hall–Kier alpha value is -0.120. The average Bonchev–Trinajstić information content (AvgIpc) is 2.61. The number of rotatable bonds is 18. The molecule has 0 amide bonds. The lowest BCUT2D eigenvalue weighted by atomic mass is 9.95. The summed E-state index contributed by atoms with van der Waals surface area (Å²) in [6.45, 7) is 6.26. The topological polar surface area (TPSA) is 27.7 Å². The van der Waals surface area contributed by atoms with Crippen LogP contribution in [-0.4, -0.2) is 24.8 Å². The molecule has 0 saturated carbocycles. The zero-order valence-corrected chi connectivity index (χ0v) is 18.4. The Balaban J connectivity index is 1.60. The standard InChI is InChI=1S/C24H46O3/c1-3-5-7-9-11-13-15-17-23(19-21-25-23)27-24(20-22-26-24)18-16-14-12-10-8-6-4-2/h3-22H2,1-2H3.